The number of hydrogen-bond donors (Lipinski definition) is 0. The Labute approximate surface area is 110 Å². The lowest BCUT2D eigenvalue weighted by molar-refractivity contribution is 0.182. The molecule has 2 aliphatic rings. The summed E-state index contributed by atoms with van der Waals surface area (Å²) in [5.74, 6) is 1.16. The summed E-state index contributed by atoms with van der Waals surface area (Å²) in [7, 11) is 0. The van der Waals surface area contributed by atoms with Crippen molar-refractivity contribution < 1.29 is 0 Å². The molecule has 0 saturated carbocycles. The van der Waals surface area contributed by atoms with Gasteiger partial charge in [-0.2, -0.15) is 0 Å². The molecule has 86 valence electrons. The van der Waals surface area contributed by atoms with Crippen LogP contribution in [0.25, 0.3) is 0 Å². The Morgan fingerprint density at radius 1 is 1.38 bits per heavy atom. The molecule has 1 aromatic rings. The first kappa shape index (κ1) is 11.0. The van der Waals surface area contributed by atoms with Gasteiger partial charge in [0.2, 0.25) is 0 Å². The molecule has 0 atom stereocenters. The molecule has 1 aromatic heterocycles. The van der Waals surface area contributed by atoms with E-state index in [1.807, 2.05) is 23.1 Å². The smallest absolute Gasteiger partial charge is 0.137 e. The van der Waals surface area contributed by atoms with Gasteiger partial charge in [-0.25, -0.2) is 0 Å². The Morgan fingerprint density at radius 2 is 2.31 bits per heavy atom. The van der Waals surface area contributed by atoms with Crippen LogP contribution in [0.4, 0.5) is 0 Å². The molecule has 3 heterocycles. The quantitative estimate of drug-likeness (QED) is 0.761. The fourth-order valence-corrected chi connectivity index (χ4v) is 4.33. The average molecular weight is 270 g/mol. The van der Waals surface area contributed by atoms with Gasteiger partial charge >= 0.3 is 0 Å². The molecule has 5 heteroatoms. The second kappa shape index (κ2) is 4.64. The lowest BCUT2D eigenvalue weighted by Crippen LogP contribution is -2.40. The maximum absolute atomic E-state index is 5.33. The van der Waals surface area contributed by atoms with Gasteiger partial charge in [-0.15, -0.1) is 11.3 Å². The Bertz CT molecular complexity index is 402. The molecule has 1 saturated heterocycles. The standard InChI is InChI=1S/C11H14N2S3/c14-11-13(4-6-16-11)8-12-3-1-10-9(7-12)2-5-15-10/h2,5H,1,3-4,6-8H2. The lowest BCUT2D eigenvalue weighted by atomic mass is 10.1. The van der Waals surface area contributed by atoms with E-state index >= 15 is 0 Å². The van der Waals surface area contributed by atoms with E-state index in [9.17, 15) is 0 Å². The zero-order valence-corrected chi connectivity index (χ0v) is 11.5. The zero-order valence-electron chi connectivity index (χ0n) is 9.02. The largest absolute Gasteiger partial charge is 0.344 e. The van der Waals surface area contributed by atoms with Crippen LogP contribution in [0.3, 0.4) is 0 Å². The number of fused-ring (bicyclic) bond motifs is 1. The predicted octanol–water partition coefficient (Wildman–Crippen LogP) is 2.40. The van der Waals surface area contributed by atoms with E-state index in [0.717, 1.165) is 29.8 Å². The monoisotopic (exact) mass is 270 g/mol. The summed E-state index contributed by atoms with van der Waals surface area (Å²) in [6.07, 6.45) is 1.21. The van der Waals surface area contributed by atoms with Crippen molar-refractivity contribution in [1.29, 1.82) is 0 Å². The summed E-state index contributed by atoms with van der Waals surface area (Å²) in [4.78, 5) is 6.42. The molecule has 0 unspecified atom stereocenters. The highest BCUT2D eigenvalue weighted by atomic mass is 32.2. The van der Waals surface area contributed by atoms with E-state index < -0.39 is 0 Å². The summed E-state index contributed by atoms with van der Waals surface area (Å²) in [6.45, 7) is 4.41. The van der Waals surface area contributed by atoms with Crippen LogP contribution in [0.2, 0.25) is 0 Å². The minimum atomic E-state index is 1.02. The van der Waals surface area contributed by atoms with Gasteiger partial charge in [0.15, 0.2) is 0 Å². The number of hydrogen-bond acceptors (Lipinski definition) is 4. The van der Waals surface area contributed by atoms with Crippen molar-refractivity contribution in [1.82, 2.24) is 9.80 Å². The van der Waals surface area contributed by atoms with Crippen molar-refractivity contribution in [3.8, 4) is 0 Å². The molecule has 0 spiro atoms. The van der Waals surface area contributed by atoms with Crippen molar-refractivity contribution in [2.24, 2.45) is 0 Å². The highest BCUT2D eigenvalue weighted by molar-refractivity contribution is 8.23. The van der Waals surface area contributed by atoms with Crippen LogP contribution < -0.4 is 0 Å². The molecule has 0 bridgehead atoms. The van der Waals surface area contributed by atoms with Gasteiger partial charge in [0.25, 0.3) is 0 Å². The summed E-state index contributed by atoms with van der Waals surface area (Å²) >= 11 is 9.05. The van der Waals surface area contributed by atoms with E-state index in [-0.39, 0.29) is 0 Å². The van der Waals surface area contributed by atoms with Crippen molar-refractivity contribution in [2.75, 3.05) is 25.5 Å². The Kier molecular flexibility index (Phi) is 3.20. The minimum absolute atomic E-state index is 1.02. The van der Waals surface area contributed by atoms with Crippen LogP contribution in [-0.4, -0.2) is 39.6 Å². The van der Waals surface area contributed by atoms with Gasteiger partial charge in [0, 0.05) is 30.3 Å². The molecule has 0 aromatic carbocycles. The normalized spacial score (nSPS) is 21.5. The van der Waals surface area contributed by atoms with Gasteiger partial charge < -0.3 is 4.90 Å². The second-order valence-electron chi connectivity index (χ2n) is 4.19. The van der Waals surface area contributed by atoms with Crippen LogP contribution in [0.5, 0.6) is 0 Å². The summed E-state index contributed by atoms with van der Waals surface area (Å²) in [5.41, 5.74) is 1.52. The fourth-order valence-electron chi connectivity index (χ4n) is 2.22. The van der Waals surface area contributed by atoms with Gasteiger partial charge in [-0.05, 0) is 23.4 Å². The highest BCUT2D eigenvalue weighted by Gasteiger charge is 2.23. The highest BCUT2D eigenvalue weighted by Crippen LogP contribution is 2.25. The number of nitrogens with zero attached hydrogens (tertiary/aromatic N) is 2. The minimum Gasteiger partial charge on any atom is -0.344 e. The molecule has 3 rings (SSSR count). The molecule has 0 aliphatic carbocycles. The van der Waals surface area contributed by atoms with Crippen LogP contribution in [0.1, 0.15) is 10.4 Å². The number of rotatable bonds is 2. The van der Waals surface area contributed by atoms with Gasteiger partial charge in [0.1, 0.15) is 4.32 Å². The summed E-state index contributed by atoms with van der Waals surface area (Å²) in [5, 5.41) is 2.21. The third kappa shape index (κ3) is 2.14. The topological polar surface area (TPSA) is 6.48 Å². The molecule has 16 heavy (non-hydrogen) atoms. The van der Waals surface area contributed by atoms with Crippen LogP contribution in [0, 0.1) is 0 Å². The number of thiophene rings is 1. The third-order valence-electron chi connectivity index (χ3n) is 3.10. The lowest BCUT2D eigenvalue weighted by Gasteiger charge is -2.31. The molecule has 0 radical (unpaired) electrons. The maximum Gasteiger partial charge on any atom is 0.137 e. The molecule has 1 fully saturated rings. The Balaban J connectivity index is 1.63. The van der Waals surface area contributed by atoms with Gasteiger partial charge in [0.05, 0.1) is 6.67 Å². The van der Waals surface area contributed by atoms with Crippen LogP contribution >= 0.6 is 35.3 Å². The molecular formula is C11H14N2S3. The van der Waals surface area contributed by atoms with Crippen molar-refractivity contribution in [3.63, 3.8) is 0 Å². The van der Waals surface area contributed by atoms with Crippen molar-refractivity contribution >= 4 is 39.6 Å². The van der Waals surface area contributed by atoms with Gasteiger partial charge in [-0.1, -0.05) is 24.0 Å². The Hall–Kier alpha value is -0.100. The van der Waals surface area contributed by atoms with Crippen LogP contribution in [0.15, 0.2) is 11.4 Å². The third-order valence-corrected chi connectivity index (χ3v) is 5.63. The van der Waals surface area contributed by atoms with E-state index in [1.165, 1.54) is 18.5 Å². The van der Waals surface area contributed by atoms with Crippen molar-refractivity contribution in [2.45, 2.75) is 13.0 Å². The summed E-state index contributed by atoms with van der Waals surface area (Å²) in [6, 6.07) is 2.27. The van der Waals surface area contributed by atoms with Crippen molar-refractivity contribution in [3.05, 3.63) is 21.9 Å². The zero-order chi connectivity index (χ0) is 11.0. The van der Waals surface area contributed by atoms with E-state index in [0.29, 0.717) is 0 Å². The molecule has 2 nitrogen and oxygen atoms in total. The predicted molar refractivity (Wildman–Crippen MR) is 75.1 cm³/mol. The Morgan fingerprint density at radius 3 is 3.12 bits per heavy atom. The molecule has 0 N–H and O–H groups in total. The summed E-state index contributed by atoms with van der Waals surface area (Å²) < 4.78 is 1.08. The van der Waals surface area contributed by atoms with Gasteiger partial charge in [-0.3, -0.25) is 4.90 Å². The number of thiocarbonyl (C=S) groups is 1. The molecular weight excluding hydrogens is 256 g/mol. The first-order chi connectivity index (χ1) is 7.83. The fraction of sp³-hybridized carbons (Fsp3) is 0.545. The second-order valence-corrected chi connectivity index (χ2v) is 6.92. The SMILES string of the molecule is S=C1SCCN1CN1CCc2sccc2C1. The first-order valence-corrected chi connectivity index (χ1v) is 7.79. The molecule has 0 amide bonds. The van der Waals surface area contributed by atoms with E-state index in [1.54, 1.807) is 4.88 Å². The first-order valence-electron chi connectivity index (χ1n) is 5.52. The maximum atomic E-state index is 5.33. The molecule has 2 aliphatic heterocycles. The van der Waals surface area contributed by atoms with E-state index in [2.05, 4.69) is 21.2 Å². The van der Waals surface area contributed by atoms with E-state index in [4.69, 9.17) is 12.2 Å². The average Bonchev–Trinajstić information content (AvgIpc) is 2.88. The number of thioether (sulfide) groups is 1. The van der Waals surface area contributed by atoms with Crippen LogP contribution in [-0.2, 0) is 13.0 Å².